The minimum Gasteiger partial charge on any atom is -0.294 e. The zero-order valence-electron chi connectivity index (χ0n) is 4.46. The molecule has 3 nitrogen and oxygen atoms in total. The minimum absolute atomic E-state index is 0.507. The molecule has 48 valence electrons. The van der Waals surface area contributed by atoms with Gasteiger partial charge in [0.2, 0.25) is 11.3 Å². The van der Waals surface area contributed by atoms with E-state index in [0.29, 0.717) is 13.0 Å². The molecule has 0 aromatic rings. The summed E-state index contributed by atoms with van der Waals surface area (Å²) in [6, 6.07) is 0. The van der Waals surface area contributed by atoms with Crippen LogP contribution in [0, 0.1) is 0 Å². The Morgan fingerprint density at radius 3 is 2.88 bits per heavy atom. The molecule has 2 N–H and O–H groups in total. The molecule has 0 bridgehead atoms. The first-order valence-electron chi connectivity index (χ1n) is 2.22. The Morgan fingerprint density at radius 1 is 1.88 bits per heavy atom. The fraction of sp³-hybridized carbons (Fsp3) is 0.500. The van der Waals surface area contributed by atoms with E-state index in [1.165, 1.54) is 0 Å². The topological polar surface area (TPSA) is 49.3 Å². The van der Waals surface area contributed by atoms with E-state index >= 15 is 0 Å². The summed E-state index contributed by atoms with van der Waals surface area (Å²) in [5, 5.41) is 0. The summed E-state index contributed by atoms with van der Waals surface area (Å²) in [6.07, 6.45) is 2.40. The van der Waals surface area contributed by atoms with Gasteiger partial charge in [-0.15, -0.1) is 6.58 Å². The van der Waals surface area contributed by atoms with E-state index in [-0.39, 0.29) is 0 Å². The first-order valence-corrected chi connectivity index (χ1v) is 3.33. The molecular weight excluding hydrogens is 126 g/mol. The maximum Gasteiger partial charge on any atom is 0.231 e. The Morgan fingerprint density at radius 2 is 2.50 bits per heavy atom. The lowest BCUT2D eigenvalue weighted by molar-refractivity contribution is 0.549. The van der Waals surface area contributed by atoms with E-state index in [0.717, 1.165) is 0 Å². The second kappa shape index (κ2) is 4.96. The summed E-state index contributed by atoms with van der Waals surface area (Å²) in [4.78, 5) is 0. The first kappa shape index (κ1) is 7.81. The van der Waals surface area contributed by atoms with Gasteiger partial charge in [0.05, 0.1) is 0 Å². The molecule has 0 amide bonds. The lowest BCUT2D eigenvalue weighted by Crippen LogP contribution is -2.16. The van der Waals surface area contributed by atoms with Crippen LogP contribution in [-0.2, 0) is 11.3 Å². The van der Waals surface area contributed by atoms with Crippen molar-refractivity contribution in [2.24, 2.45) is 0 Å². The van der Waals surface area contributed by atoms with Crippen molar-refractivity contribution in [1.82, 2.24) is 4.72 Å². The maximum absolute atomic E-state index is 9.84. The molecule has 0 spiro atoms. The quantitative estimate of drug-likeness (QED) is 0.330. The van der Waals surface area contributed by atoms with Gasteiger partial charge in [-0.2, -0.15) is 0 Å². The predicted octanol–water partition coefficient (Wildman–Crippen LogP) is 0.289. The van der Waals surface area contributed by atoms with E-state index in [2.05, 4.69) is 11.3 Å². The molecule has 1 atom stereocenters. The van der Waals surface area contributed by atoms with Crippen LogP contribution in [0.15, 0.2) is 12.7 Å². The van der Waals surface area contributed by atoms with Crippen molar-refractivity contribution in [3.05, 3.63) is 12.7 Å². The van der Waals surface area contributed by atoms with Crippen LogP contribution in [0.1, 0.15) is 6.42 Å². The van der Waals surface area contributed by atoms with Gasteiger partial charge in [-0.3, -0.25) is 4.55 Å². The van der Waals surface area contributed by atoms with Crippen molar-refractivity contribution < 1.29 is 8.76 Å². The van der Waals surface area contributed by atoms with Crippen LogP contribution in [-0.4, -0.2) is 15.3 Å². The van der Waals surface area contributed by atoms with E-state index in [1.807, 2.05) is 0 Å². The highest BCUT2D eigenvalue weighted by Gasteiger charge is 1.85. The summed E-state index contributed by atoms with van der Waals surface area (Å²) in [5.41, 5.74) is 0. The molecule has 0 saturated heterocycles. The van der Waals surface area contributed by atoms with Gasteiger partial charge in [0.25, 0.3) is 0 Å². The highest BCUT2D eigenvalue weighted by molar-refractivity contribution is 7.77. The zero-order valence-corrected chi connectivity index (χ0v) is 5.28. The van der Waals surface area contributed by atoms with Gasteiger partial charge in [0.15, 0.2) is 0 Å². The third kappa shape index (κ3) is 5.81. The molecule has 0 aromatic heterocycles. The van der Waals surface area contributed by atoms with E-state index in [4.69, 9.17) is 4.55 Å². The number of hydrogen-bond donors (Lipinski definition) is 2. The standard InChI is InChI=1S/C4H9NO2S/c1-2-3-4-5-8(6)7/h2,5H,1,3-4H2,(H,6,7). The third-order valence-electron chi connectivity index (χ3n) is 0.574. The van der Waals surface area contributed by atoms with Crippen LogP contribution in [0.5, 0.6) is 0 Å². The second-order valence-electron chi connectivity index (χ2n) is 1.22. The molecule has 0 fully saturated rings. The number of rotatable bonds is 4. The average Bonchev–Trinajstić information content (AvgIpc) is 1.66. The van der Waals surface area contributed by atoms with Crippen LogP contribution in [0.3, 0.4) is 0 Å². The van der Waals surface area contributed by atoms with Gasteiger partial charge < -0.3 is 0 Å². The zero-order chi connectivity index (χ0) is 6.41. The molecule has 4 heteroatoms. The molecule has 0 radical (unpaired) electrons. The van der Waals surface area contributed by atoms with Gasteiger partial charge in [-0.05, 0) is 6.42 Å². The Balaban J connectivity index is 2.93. The molecule has 0 aliphatic heterocycles. The van der Waals surface area contributed by atoms with Crippen LogP contribution >= 0.6 is 0 Å². The SMILES string of the molecule is C=CCCNS(=O)O. The summed E-state index contributed by atoms with van der Waals surface area (Å²) in [5.74, 6) is 0. The maximum atomic E-state index is 9.84. The van der Waals surface area contributed by atoms with Crippen molar-refractivity contribution >= 4 is 11.3 Å². The Hall–Kier alpha value is -0.190. The van der Waals surface area contributed by atoms with Crippen molar-refractivity contribution in [2.75, 3.05) is 6.54 Å². The van der Waals surface area contributed by atoms with Crippen LogP contribution in [0.2, 0.25) is 0 Å². The highest BCUT2D eigenvalue weighted by atomic mass is 32.2. The van der Waals surface area contributed by atoms with Crippen molar-refractivity contribution in [2.45, 2.75) is 6.42 Å². The lowest BCUT2D eigenvalue weighted by atomic mass is 10.4. The van der Waals surface area contributed by atoms with Crippen molar-refractivity contribution in [1.29, 1.82) is 0 Å². The molecule has 0 heterocycles. The molecule has 0 aliphatic carbocycles. The third-order valence-corrected chi connectivity index (χ3v) is 1.03. The van der Waals surface area contributed by atoms with Gasteiger partial charge in [-0.1, -0.05) is 6.08 Å². The van der Waals surface area contributed by atoms with Crippen molar-refractivity contribution in [3.8, 4) is 0 Å². The number of nitrogens with one attached hydrogen (secondary N) is 1. The fourth-order valence-electron chi connectivity index (χ4n) is 0.248. The van der Waals surface area contributed by atoms with Gasteiger partial charge in [0, 0.05) is 6.54 Å². The molecule has 0 saturated carbocycles. The Kier molecular flexibility index (Phi) is 4.84. The van der Waals surface area contributed by atoms with E-state index in [1.54, 1.807) is 6.08 Å². The summed E-state index contributed by atoms with van der Waals surface area (Å²) >= 11 is -1.86. The monoisotopic (exact) mass is 135 g/mol. The Bertz CT molecular complexity index is 94.0. The van der Waals surface area contributed by atoms with Gasteiger partial charge in [-0.25, -0.2) is 8.93 Å². The van der Waals surface area contributed by atoms with Crippen LogP contribution in [0.4, 0.5) is 0 Å². The fourth-order valence-corrected chi connectivity index (χ4v) is 0.541. The van der Waals surface area contributed by atoms with Crippen LogP contribution < -0.4 is 4.72 Å². The predicted molar refractivity (Wildman–Crippen MR) is 33.6 cm³/mol. The Labute approximate surface area is 51.2 Å². The number of hydrogen-bond acceptors (Lipinski definition) is 1. The summed E-state index contributed by atoms with van der Waals surface area (Å²) in [7, 11) is 0. The molecule has 0 aromatic carbocycles. The molecule has 1 unspecified atom stereocenters. The molecule has 0 rings (SSSR count). The largest absolute Gasteiger partial charge is 0.294 e. The first-order chi connectivity index (χ1) is 3.77. The molecular formula is C4H9NO2S. The van der Waals surface area contributed by atoms with E-state index < -0.39 is 11.3 Å². The van der Waals surface area contributed by atoms with Crippen molar-refractivity contribution in [3.63, 3.8) is 0 Å². The van der Waals surface area contributed by atoms with E-state index in [9.17, 15) is 4.21 Å². The summed E-state index contributed by atoms with van der Waals surface area (Å²) in [6.45, 7) is 3.94. The normalized spacial score (nSPS) is 13.1. The smallest absolute Gasteiger partial charge is 0.231 e. The molecule has 8 heavy (non-hydrogen) atoms. The minimum atomic E-state index is -1.86. The summed E-state index contributed by atoms with van der Waals surface area (Å²) < 4.78 is 20.2. The lowest BCUT2D eigenvalue weighted by Gasteiger charge is -1.91. The molecule has 0 aliphatic rings. The van der Waals surface area contributed by atoms with Gasteiger partial charge in [0.1, 0.15) is 0 Å². The average molecular weight is 135 g/mol. The highest BCUT2D eigenvalue weighted by Crippen LogP contribution is 1.74. The second-order valence-corrected chi connectivity index (χ2v) is 2.01. The van der Waals surface area contributed by atoms with Crippen LogP contribution in [0.25, 0.3) is 0 Å². The van der Waals surface area contributed by atoms with Gasteiger partial charge >= 0.3 is 0 Å².